The van der Waals surface area contributed by atoms with Crippen molar-refractivity contribution in [1.82, 2.24) is 5.32 Å². The van der Waals surface area contributed by atoms with Crippen LogP contribution in [0.3, 0.4) is 0 Å². The van der Waals surface area contributed by atoms with E-state index < -0.39 is 18.2 Å². The number of benzene rings is 2. The predicted octanol–water partition coefficient (Wildman–Crippen LogP) is 3.28. The highest BCUT2D eigenvalue weighted by atomic mass is 16.5. The Morgan fingerprint density at radius 2 is 1.55 bits per heavy atom. The summed E-state index contributed by atoms with van der Waals surface area (Å²) in [6, 6.07) is 10.3. The lowest BCUT2D eigenvalue weighted by atomic mass is 9.47. The van der Waals surface area contributed by atoms with Crippen LogP contribution >= 0.6 is 0 Å². The second kappa shape index (κ2) is 6.92. The molecular weight excluding hydrogens is 366 g/mol. The van der Waals surface area contributed by atoms with Crippen LogP contribution in [-0.4, -0.2) is 34.7 Å². The summed E-state index contributed by atoms with van der Waals surface area (Å²) in [5, 5.41) is 25.2. The van der Waals surface area contributed by atoms with Gasteiger partial charge in [-0.05, 0) is 84.6 Å². The summed E-state index contributed by atoms with van der Waals surface area (Å²) in [6.45, 7) is 0. The molecule has 0 radical (unpaired) electrons. The van der Waals surface area contributed by atoms with Gasteiger partial charge in [0, 0.05) is 5.56 Å². The first-order valence-electron chi connectivity index (χ1n) is 10.6. The van der Waals surface area contributed by atoms with E-state index in [9.17, 15) is 19.8 Å². The Labute approximate surface area is 170 Å². The molecule has 4 aliphatic carbocycles. The quantitative estimate of drug-likeness (QED) is 0.537. The van der Waals surface area contributed by atoms with Crippen LogP contribution in [0, 0.1) is 23.2 Å². The molecule has 4 bridgehead atoms. The minimum Gasteiger partial charge on any atom is -0.366 e. The van der Waals surface area contributed by atoms with Crippen LogP contribution < -0.4 is 5.32 Å². The predicted molar refractivity (Wildman–Crippen MR) is 109 cm³/mol. The molecule has 6 rings (SSSR count). The van der Waals surface area contributed by atoms with Crippen LogP contribution in [0.4, 0.5) is 0 Å². The number of rotatable bonds is 5. The SMILES string of the molecule is O=Cc1cc2ccccc2cc1C(=O)NC(C(O)O)C12CC3CC(CC(C3)C1)C2. The standard InChI is InChI=1S/C24H27NO4/c26-13-19-8-17-3-1-2-4-18(17)9-20(19)22(27)25-21(23(28)29)24-10-14-5-15(11-24)7-16(6-14)12-24/h1-4,8-9,13-16,21,23,28-29H,5-7,10-12H2,(H,25,27). The Morgan fingerprint density at radius 3 is 2.07 bits per heavy atom. The average molecular weight is 393 g/mol. The van der Waals surface area contributed by atoms with Crippen molar-refractivity contribution in [2.75, 3.05) is 0 Å². The molecule has 4 saturated carbocycles. The maximum atomic E-state index is 13.2. The molecule has 5 heteroatoms. The number of aliphatic hydroxyl groups is 2. The second-order valence-electron chi connectivity index (χ2n) is 9.55. The van der Waals surface area contributed by atoms with Crippen molar-refractivity contribution < 1.29 is 19.8 Å². The maximum absolute atomic E-state index is 13.2. The number of carbonyl (C=O) groups excluding carboxylic acids is 2. The first-order valence-corrected chi connectivity index (χ1v) is 10.6. The highest BCUT2D eigenvalue weighted by molar-refractivity contribution is 6.05. The minimum absolute atomic E-state index is 0.253. The molecule has 0 saturated heterocycles. The fraction of sp³-hybridized carbons (Fsp3) is 0.500. The Kier molecular flexibility index (Phi) is 4.48. The van der Waals surface area contributed by atoms with Crippen LogP contribution in [0.15, 0.2) is 36.4 Å². The summed E-state index contributed by atoms with van der Waals surface area (Å²) in [6.07, 6.45) is 5.62. The first-order chi connectivity index (χ1) is 14.0. The molecule has 2 aromatic rings. The molecule has 5 nitrogen and oxygen atoms in total. The van der Waals surface area contributed by atoms with Gasteiger partial charge in [-0.25, -0.2) is 0 Å². The van der Waals surface area contributed by atoms with Crippen molar-refractivity contribution in [3.05, 3.63) is 47.5 Å². The van der Waals surface area contributed by atoms with Gasteiger partial charge in [0.1, 0.15) is 0 Å². The van der Waals surface area contributed by atoms with Crippen molar-refractivity contribution in [3.8, 4) is 0 Å². The molecule has 29 heavy (non-hydrogen) atoms. The lowest BCUT2D eigenvalue weighted by Gasteiger charge is -2.59. The third kappa shape index (κ3) is 3.17. The van der Waals surface area contributed by atoms with E-state index in [0.717, 1.165) is 30.0 Å². The second-order valence-corrected chi connectivity index (χ2v) is 9.55. The van der Waals surface area contributed by atoms with E-state index in [2.05, 4.69) is 5.32 Å². The monoisotopic (exact) mass is 393 g/mol. The molecule has 1 amide bonds. The molecule has 3 N–H and O–H groups in total. The molecule has 1 atom stereocenters. The molecule has 2 aromatic carbocycles. The Morgan fingerprint density at radius 1 is 1.00 bits per heavy atom. The molecule has 4 aliphatic rings. The van der Waals surface area contributed by atoms with Crippen molar-refractivity contribution in [3.63, 3.8) is 0 Å². The van der Waals surface area contributed by atoms with Crippen molar-refractivity contribution in [2.45, 2.75) is 50.9 Å². The number of aliphatic hydroxyl groups excluding tert-OH is 1. The molecule has 0 aromatic heterocycles. The zero-order valence-corrected chi connectivity index (χ0v) is 16.4. The normalized spacial score (nSPS) is 31.2. The Bertz CT molecular complexity index is 931. The van der Waals surface area contributed by atoms with Crippen LogP contribution in [0.2, 0.25) is 0 Å². The summed E-state index contributed by atoms with van der Waals surface area (Å²) < 4.78 is 0. The van der Waals surface area contributed by atoms with Gasteiger partial charge in [-0.1, -0.05) is 24.3 Å². The van der Waals surface area contributed by atoms with Gasteiger partial charge >= 0.3 is 0 Å². The number of carbonyl (C=O) groups is 2. The van der Waals surface area contributed by atoms with Gasteiger partial charge < -0.3 is 15.5 Å². The minimum atomic E-state index is -1.62. The van der Waals surface area contributed by atoms with Gasteiger partial charge in [0.15, 0.2) is 12.6 Å². The summed E-state index contributed by atoms with van der Waals surface area (Å²) in [5.74, 6) is 1.48. The average Bonchev–Trinajstić information content (AvgIpc) is 2.69. The largest absolute Gasteiger partial charge is 0.366 e. The van der Waals surface area contributed by atoms with E-state index in [1.807, 2.05) is 24.3 Å². The van der Waals surface area contributed by atoms with E-state index in [1.165, 1.54) is 19.3 Å². The molecule has 152 valence electrons. The van der Waals surface area contributed by atoms with E-state index in [-0.39, 0.29) is 11.0 Å². The number of fused-ring (bicyclic) bond motifs is 1. The van der Waals surface area contributed by atoms with Gasteiger partial charge in [0.05, 0.1) is 11.6 Å². The van der Waals surface area contributed by atoms with Crippen molar-refractivity contribution >= 4 is 23.0 Å². The summed E-state index contributed by atoms with van der Waals surface area (Å²) >= 11 is 0. The Balaban J connectivity index is 1.47. The zero-order valence-electron chi connectivity index (χ0n) is 16.4. The van der Waals surface area contributed by atoms with Gasteiger partial charge in [-0.15, -0.1) is 0 Å². The number of nitrogens with one attached hydrogen (secondary N) is 1. The Hall–Kier alpha value is -2.24. The molecule has 0 aliphatic heterocycles. The number of aldehydes is 1. The van der Waals surface area contributed by atoms with Crippen LogP contribution in [0.5, 0.6) is 0 Å². The number of hydrogen-bond acceptors (Lipinski definition) is 4. The third-order valence-corrected chi connectivity index (χ3v) is 7.62. The molecule has 0 heterocycles. The lowest BCUT2D eigenvalue weighted by Crippen LogP contribution is -2.61. The molecular formula is C24H27NO4. The van der Waals surface area contributed by atoms with Crippen LogP contribution in [0.1, 0.15) is 59.2 Å². The zero-order chi connectivity index (χ0) is 20.2. The molecule has 4 fully saturated rings. The summed E-state index contributed by atoms with van der Waals surface area (Å²) in [5.41, 5.74) is 0.350. The highest BCUT2D eigenvalue weighted by Gasteiger charge is 2.56. The topological polar surface area (TPSA) is 86.6 Å². The van der Waals surface area contributed by atoms with Gasteiger partial charge in [0.2, 0.25) is 0 Å². The van der Waals surface area contributed by atoms with Gasteiger partial charge in [-0.2, -0.15) is 0 Å². The van der Waals surface area contributed by atoms with Gasteiger partial charge in [0.25, 0.3) is 5.91 Å². The maximum Gasteiger partial charge on any atom is 0.252 e. The molecule has 0 spiro atoms. The highest BCUT2D eigenvalue weighted by Crippen LogP contribution is 2.61. The fourth-order valence-corrected chi connectivity index (χ4v) is 6.87. The lowest BCUT2D eigenvalue weighted by molar-refractivity contribution is -0.149. The van der Waals surface area contributed by atoms with Crippen LogP contribution in [-0.2, 0) is 0 Å². The third-order valence-electron chi connectivity index (χ3n) is 7.62. The van der Waals surface area contributed by atoms with E-state index in [1.54, 1.807) is 12.1 Å². The van der Waals surface area contributed by atoms with Crippen molar-refractivity contribution in [2.24, 2.45) is 23.2 Å². The van der Waals surface area contributed by atoms with E-state index >= 15 is 0 Å². The smallest absolute Gasteiger partial charge is 0.252 e. The summed E-state index contributed by atoms with van der Waals surface area (Å²) in [4.78, 5) is 24.8. The van der Waals surface area contributed by atoms with E-state index in [4.69, 9.17) is 0 Å². The number of hydrogen-bond donors (Lipinski definition) is 3. The number of amides is 1. The van der Waals surface area contributed by atoms with E-state index in [0.29, 0.717) is 29.6 Å². The van der Waals surface area contributed by atoms with Crippen molar-refractivity contribution in [1.29, 1.82) is 0 Å². The summed E-state index contributed by atoms with van der Waals surface area (Å²) in [7, 11) is 0. The first kappa shape index (κ1) is 18.8. The van der Waals surface area contributed by atoms with Gasteiger partial charge in [-0.3, -0.25) is 9.59 Å². The fourth-order valence-electron chi connectivity index (χ4n) is 6.87. The van der Waals surface area contributed by atoms with Crippen LogP contribution in [0.25, 0.3) is 10.8 Å². The molecule has 1 unspecified atom stereocenters.